The summed E-state index contributed by atoms with van der Waals surface area (Å²) < 4.78 is 0. The third kappa shape index (κ3) is 5.13. The number of pyridine rings is 1. The van der Waals surface area contributed by atoms with Gasteiger partial charge < -0.3 is 15.4 Å². The van der Waals surface area contributed by atoms with Crippen molar-refractivity contribution in [1.82, 2.24) is 20.3 Å². The molecule has 0 radical (unpaired) electrons. The van der Waals surface area contributed by atoms with Crippen LogP contribution in [0.1, 0.15) is 64.6 Å². The van der Waals surface area contributed by atoms with E-state index in [1.165, 1.54) is 0 Å². The van der Waals surface area contributed by atoms with Crippen LogP contribution in [0.4, 0.5) is 0 Å². The highest BCUT2D eigenvalue weighted by Gasteiger charge is 2.31. The number of aromatic amines is 1. The van der Waals surface area contributed by atoms with Crippen molar-refractivity contribution in [3.8, 4) is 0 Å². The van der Waals surface area contributed by atoms with E-state index in [9.17, 15) is 9.90 Å². The number of allylic oxidation sites excluding steroid dienone is 4. The van der Waals surface area contributed by atoms with Gasteiger partial charge in [-0.05, 0) is 47.9 Å². The summed E-state index contributed by atoms with van der Waals surface area (Å²) in [7, 11) is 0. The van der Waals surface area contributed by atoms with Crippen molar-refractivity contribution >= 4 is 39.9 Å². The number of aliphatic hydroxyl groups excluding tert-OH is 1. The molecule has 0 aliphatic heterocycles. The van der Waals surface area contributed by atoms with E-state index in [1.807, 2.05) is 60.7 Å². The third-order valence-electron chi connectivity index (χ3n) is 6.82. The first-order valence-electron chi connectivity index (χ1n) is 12.7. The minimum atomic E-state index is -0.388. The molecule has 0 spiro atoms. The van der Waals surface area contributed by atoms with E-state index in [4.69, 9.17) is 16.6 Å². The molecule has 192 valence electrons. The minimum absolute atomic E-state index is 0.130. The predicted molar refractivity (Wildman–Crippen MR) is 153 cm³/mol. The second kappa shape index (κ2) is 11.1. The fourth-order valence-electron chi connectivity index (χ4n) is 4.96. The molecule has 3 atom stereocenters. The van der Waals surface area contributed by atoms with Gasteiger partial charge in [-0.25, -0.2) is 4.98 Å². The number of fused-ring (bicyclic) bond motifs is 1. The lowest BCUT2D eigenvalue weighted by atomic mass is 9.81. The Morgan fingerprint density at radius 2 is 2.05 bits per heavy atom. The van der Waals surface area contributed by atoms with Crippen LogP contribution in [-0.4, -0.2) is 31.3 Å². The summed E-state index contributed by atoms with van der Waals surface area (Å²) in [6, 6.07) is 16.8. The molecule has 7 heteroatoms. The summed E-state index contributed by atoms with van der Waals surface area (Å²) in [6.07, 6.45) is 11.0. The topological polar surface area (TPSA) is 90.9 Å². The number of hydrogen-bond acceptors (Lipinski definition) is 4. The van der Waals surface area contributed by atoms with Crippen molar-refractivity contribution < 1.29 is 9.90 Å². The number of carbonyl (C=O) groups excluding carboxylic acids is 1. The number of halogens is 1. The molecule has 3 N–H and O–H groups in total. The fraction of sp³-hybridized carbons (Fsp3) is 0.194. The Bertz CT molecular complexity index is 1510. The molecular weight excluding hydrogens is 496 g/mol. The number of imidazole rings is 1. The monoisotopic (exact) mass is 524 g/mol. The normalized spacial score (nSPS) is 17.7. The number of aromatic nitrogens is 3. The van der Waals surface area contributed by atoms with Crippen molar-refractivity contribution in [2.75, 3.05) is 0 Å². The maximum Gasteiger partial charge on any atom is 0.251 e. The minimum Gasteiger partial charge on any atom is -0.508 e. The van der Waals surface area contributed by atoms with Gasteiger partial charge in [-0.1, -0.05) is 62.4 Å². The quantitative estimate of drug-likeness (QED) is 0.169. The molecule has 1 amide bonds. The summed E-state index contributed by atoms with van der Waals surface area (Å²) >= 11 is 6.85. The molecule has 0 saturated carbocycles. The Morgan fingerprint density at radius 1 is 1.21 bits per heavy atom. The van der Waals surface area contributed by atoms with Crippen LogP contribution in [0.3, 0.4) is 0 Å². The molecule has 1 aliphatic rings. The highest BCUT2D eigenvalue weighted by molar-refractivity contribution is 6.23. The number of nitrogens with one attached hydrogen (secondary N) is 2. The maximum absolute atomic E-state index is 13.3. The number of benzene rings is 2. The van der Waals surface area contributed by atoms with Crippen LogP contribution in [0, 0.1) is 0 Å². The number of aliphatic hydroxyl groups is 1. The molecule has 2 unspecified atom stereocenters. The van der Waals surface area contributed by atoms with E-state index < -0.39 is 0 Å². The Balaban J connectivity index is 1.49. The summed E-state index contributed by atoms with van der Waals surface area (Å²) in [5, 5.41) is 13.3. The van der Waals surface area contributed by atoms with Gasteiger partial charge in [0.15, 0.2) is 0 Å². The van der Waals surface area contributed by atoms with Gasteiger partial charge in [-0.3, -0.25) is 9.78 Å². The summed E-state index contributed by atoms with van der Waals surface area (Å²) in [5.41, 5.74) is 5.29. The van der Waals surface area contributed by atoms with Gasteiger partial charge in [0.1, 0.15) is 11.6 Å². The lowest BCUT2D eigenvalue weighted by molar-refractivity contribution is 0.0934. The Kier molecular flexibility index (Phi) is 7.43. The predicted octanol–water partition coefficient (Wildman–Crippen LogP) is 7.10. The number of para-hydroxylation sites is 2. The van der Waals surface area contributed by atoms with Crippen LogP contribution < -0.4 is 5.32 Å². The van der Waals surface area contributed by atoms with E-state index in [-0.39, 0.29) is 29.0 Å². The van der Waals surface area contributed by atoms with Crippen molar-refractivity contribution in [3.05, 3.63) is 120 Å². The zero-order valence-electron chi connectivity index (χ0n) is 21.1. The standard InChI is InChI=1S/C31H29ClN4O2/c1-3-8-26(21-9-7-16-33-18-21)36-31(38)20-14-15-22(24(17-20)19(2)37)29-23(10-6-11-25(29)32)30-34-27-12-4-5-13-28(27)35-30/h4-7,9-18,25-26,29,37H,2-3,8H2,1H3,(H,34,35)(H,36,38)/t25?,26?,29-/m1/s1. The van der Waals surface area contributed by atoms with E-state index >= 15 is 0 Å². The molecule has 2 aromatic heterocycles. The Labute approximate surface area is 226 Å². The molecule has 1 aliphatic carbocycles. The first-order chi connectivity index (χ1) is 18.5. The van der Waals surface area contributed by atoms with Crippen LogP contribution in [0.15, 0.2) is 91.8 Å². The number of H-pyrrole nitrogens is 1. The van der Waals surface area contributed by atoms with Crippen LogP contribution >= 0.6 is 11.6 Å². The Morgan fingerprint density at radius 3 is 2.79 bits per heavy atom. The zero-order valence-corrected chi connectivity index (χ0v) is 21.8. The second-order valence-electron chi connectivity index (χ2n) is 9.38. The molecule has 0 bridgehead atoms. The van der Waals surface area contributed by atoms with Gasteiger partial charge in [-0.15, -0.1) is 11.6 Å². The average Bonchev–Trinajstić information content (AvgIpc) is 3.37. The van der Waals surface area contributed by atoms with Crippen molar-refractivity contribution in [2.45, 2.75) is 37.1 Å². The van der Waals surface area contributed by atoms with E-state index in [2.05, 4.69) is 28.8 Å². The Hall–Kier alpha value is -4.16. The number of rotatable bonds is 8. The largest absolute Gasteiger partial charge is 0.508 e. The van der Waals surface area contributed by atoms with Gasteiger partial charge in [0.05, 0.1) is 22.5 Å². The molecule has 2 heterocycles. The molecule has 2 aromatic carbocycles. The first-order valence-corrected chi connectivity index (χ1v) is 13.1. The highest BCUT2D eigenvalue weighted by atomic mass is 35.5. The second-order valence-corrected chi connectivity index (χ2v) is 9.89. The summed E-state index contributed by atoms with van der Waals surface area (Å²) in [5.74, 6) is 0.0256. The molecule has 0 saturated heterocycles. The molecule has 4 aromatic rings. The van der Waals surface area contributed by atoms with Crippen LogP contribution in [-0.2, 0) is 0 Å². The molecule has 38 heavy (non-hydrogen) atoms. The maximum atomic E-state index is 13.3. The highest BCUT2D eigenvalue weighted by Crippen LogP contribution is 2.42. The molecule has 6 nitrogen and oxygen atoms in total. The lowest BCUT2D eigenvalue weighted by Gasteiger charge is -2.27. The third-order valence-corrected chi connectivity index (χ3v) is 7.22. The van der Waals surface area contributed by atoms with Gasteiger partial charge >= 0.3 is 0 Å². The number of carbonyl (C=O) groups is 1. The van der Waals surface area contributed by atoms with Crippen LogP contribution in [0.2, 0.25) is 0 Å². The van der Waals surface area contributed by atoms with E-state index in [0.717, 1.165) is 40.6 Å². The fourth-order valence-corrected chi connectivity index (χ4v) is 5.32. The first kappa shape index (κ1) is 25.5. The van der Waals surface area contributed by atoms with E-state index in [0.29, 0.717) is 17.0 Å². The average molecular weight is 525 g/mol. The number of amides is 1. The zero-order chi connectivity index (χ0) is 26.6. The van der Waals surface area contributed by atoms with Gasteiger partial charge in [-0.2, -0.15) is 0 Å². The SMILES string of the molecule is C=C(O)c1cc(C(=O)NC(CCC)c2cccnc2)ccc1[C@@H]1C(c2nc3ccccc3[nH]2)=CC=CC1Cl. The lowest BCUT2D eigenvalue weighted by Crippen LogP contribution is -2.29. The molecule has 5 rings (SSSR count). The van der Waals surface area contributed by atoms with Crippen LogP contribution in [0.25, 0.3) is 22.4 Å². The summed E-state index contributed by atoms with van der Waals surface area (Å²) in [4.78, 5) is 25.7. The molecule has 0 fully saturated rings. The summed E-state index contributed by atoms with van der Waals surface area (Å²) in [6.45, 7) is 5.86. The van der Waals surface area contributed by atoms with Gasteiger partial charge in [0.2, 0.25) is 0 Å². The van der Waals surface area contributed by atoms with Crippen molar-refractivity contribution in [2.24, 2.45) is 0 Å². The van der Waals surface area contributed by atoms with Crippen molar-refractivity contribution in [3.63, 3.8) is 0 Å². The number of nitrogens with zero attached hydrogens (tertiary/aromatic N) is 2. The number of hydrogen-bond donors (Lipinski definition) is 3. The molecular formula is C31H29ClN4O2. The van der Waals surface area contributed by atoms with Gasteiger partial charge in [0, 0.05) is 35.0 Å². The van der Waals surface area contributed by atoms with Crippen molar-refractivity contribution in [1.29, 1.82) is 0 Å². The van der Waals surface area contributed by atoms with Gasteiger partial charge in [0.25, 0.3) is 5.91 Å². The smallest absolute Gasteiger partial charge is 0.251 e. The number of alkyl halides is 1. The van der Waals surface area contributed by atoms with E-state index in [1.54, 1.807) is 24.5 Å². The van der Waals surface area contributed by atoms with Crippen LogP contribution in [0.5, 0.6) is 0 Å².